The Balaban J connectivity index is 2.81. The Bertz CT molecular complexity index is 522. The molecule has 4 heteroatoms. The van der Waals surface area contributed by atoms with Crippen molar-refractivity contribution in [3.05, 3.63) is 29.1 Å². The highest BCUT2D eigenvalue weighted by Gasteiger charge is 2.08. The zero-order valence-corrected chi connectivity index (χ0v) is 8.39. The third kappa shape index (κ3) is 1.24. The lowest BCUT2D eigenvalue weighted by Crippen LogP contribution is -1.84. The molecule has 0 aliphatic carbocycles. The van der Waals surface area contributed by atoms with Crippen molar-refractivity contribution in [2.24, 2.45) is 0 Å². The van der Waals surface area contributed by atoms with E-state index in [2.05, 4.69) is 16.0 Å². The van der Waals surface area contributed by atoms with Crippen LogP contribution in [0.1, 0.15) is 17.0 Å². The Hall–Kier alpha value is -1.53. The molecule has 0 radical (unpaired) electrons. The van der Waals surface area contributed by atoms with E-state index in [1.165, 1.54) is 0 Å². The molecule has 0 spiro atoms. The Morgan fingerprint density at radius 3 is 3.00 bits per heavy atom. The molecular weight excluding hydrogens is 198 g/mol. The van der Waals surface area contributed by atoms with E-state index in [1.807, 2.05) is 19.1 Å². The molecule has 0 amide bonds. The van der Waals surface area contributed by atoms with Crippen LogP contribution in [0.5, 0.6) is 0 Å². The summed E-state index contributed by atoms with van der Waals surface area (Å²) in [6.07, 6.45) is 0. The molecule has 1 aromatic carbocycles. The van der Waals surface area contributed by atoms with Crippen LogP contribution in [0.4, 0.5) is 0 Å². The summed E-state index contributed by atoms with van der Waals surface area (Å²) in [5.74, 6) is 1.03. The molecule has 0 saturated heterocycles. The number of aromatic nitrogens is 2. The number of aryl methyl sites for hydroxylation is 1. The van der Waals surface area contributed by atoms with Crippen LogP contribution in [0, 0.1) is 18.3 Å². The number of nitriles is 1. The van der Waals surface area contributed by atoms with E-state index in [-0.39, 0.29) is 0 Å². The largest absolute Gasteiger partial charge is 0.341 e. The van der Waals surface area contributed by atoms with Crippen LogP contribution in [-0.4, -0.2) is 9.97 Å². The van der Waals surface area contributed by atoms with Gasteiger partial charge in [-0.05, 0) is 18.6 Å². The number of benzene rings is 1. The number of alkyl halides is 1. The number of halogens is 1. The second kappa shape index (κ2) is 3.32. The first-order valence-corrected chi connectivity index (χ1v) is 4.74. The molecule has 0 atom stereocenters. The molecule has 0 fully saturated rings. The third-order valence-electron chi connectivity index (χ3n) is 2.15. The fourth-order valence-corrected chi connectivity index (χ4v) is 1.56. The van der Waals surface area contributed by atoms with Gasteiger partial charge >= 0.3 is 0 Å². The van der Waals surface area contributed by atoms with Crippen LogP contribution in [0.2, 0.25) is 0 Å². The molecule has 1 N–H and O–H groups in total. The zero-order valence-electron chi connectivity index (χ0n) is 7.63. The summed E-state index contributed by atoms with van der Waals surface area (Å²) >= 11 is 5.66. The van der Waals surface area contributed by atoms with Gasteiger partial charge in [-0.3, -0.25) is 0 Å². The molecule has 0 saturated carbocycles. The van der Waals surface area contributed by atoms with Gasteiger partial charge in [0, 0.05) is 0 Å². The van der Waals surface area contributed by atoms with Crippen LogP contribution in [-0.2, 0) is 5.88 Å². The Labute approximate surface area is 86.3 Å². The van der Waals surface area contributed by atoms with Gasteiger partial charge in [0.15, 0.2) is 0 Å². The minimum Gasteiger partial charge on any atom is -0.341 e. The van der Waals surface area contributed by atoms with E-state index in [0.29, 0.717) is 22.8 Å². The van der Waals surface area contributed by atoms with E-state index in [1.54, 1.807) is 0 Å². The fourth-order valence-electron chi connectivity index (χ4n) is 1.43. The molecule has 1 heterocycles. The van der Waals surface area contributed by atoms with E-state index >= 15 is 0 Å². The quantitative estimate of drug-likeness (QED) is 0.728. The van der Waals surface area contributed by atoms with Gasteiger partial charge in [0.25, 0.3) is 0 Å². The van der Waals surface area contributed by atoms with Crippen LogP contribution < -0.4 is 0 Å². The minimum absolute atomic E-state index is 0.332. The van der Waals surface area contributed by atoms with Gasteiger partial charge in [-0.1, -0.05) is 6.07 Å². The summed E-state index contributed by atoms with van der Waals surface area (Å²) in [5.41, 5.74) is 3.13. The van der Waals surface area contributed by atoms with E-state index in [4.69, 9.17) is 16.9 Å². The average Bonchev–Trinajstić information content (AvgIpc) is 2.60. The first-order valence-electron chi connectivity index (χ1n) is 4.20. The number of nitrogens with zero attached hydrogens (tertiary/aromatic N) is 2. The number of nitrogens with one attached hydrogen (secondary N) is 1. The number of rotatable bonds is 1. The Morgan fingerprint density at radius 2 is 2.36 bits per heavy atom. The van der Waals surface area contributed by atoms with E-state index in [9.17, 15) is 0 Å². The molecule has 70 valence electrons. The molecule has 0 aliphatic rings. The van der Waals surface area contributed by atoms with Crippen molar-refractivity contribution in [3.63, 3.8) is 0 Å². The number of hydrogen-bond donors (Lipinski definition) is 1. The Morgan fingerprint density at radius 1 is 1.57 bits per heavy atom. The molecule has 3 nitrogen and oxygen atoms in total. The second-order valence-corrected chi connectivity index (χ2v) is 3.35. The summed E-state index contributed by atoms with van der Waals surface area (Å²) < 4.78 is 0. The van der Waals surface area contributed by atoms with Crippen LogP contribution in [0.25, 0.3) is 11.0 Å². The highest BCUT2D eigenvalue weighted by Crippen LogP contribution is 2.19. The summed E-state index contributed by atoms with van der Waals surface area (Å²) in [6.45, 7) is 1.90. The average molecular weight is 206 g/mol. The van der Waals surface area contributed by atoms with Crippen molar-refractivity contribution in [1.29, 1.82) is 5.26 Å². The van der Waals surface area contributed by atoms with Gasteiger partial charge in [-0.15, -0.1) is 11.6 Å². The lowest BCUT2D eigenvalue weighted by molar-refractivity contribution is 1.13. The molecule has 1 aromatic heterocycles. The van der Waals surface area contributed by atoms with E-state index < -0.39 is 0 Å². The van der Waals surface area contributed by atoms with Gasteiger partial charge in [0.05, 0.1) is 17.0 Å². The second-order valence-electron chi connectivity index (χ2n) is 3.08. The predicted molar refractivity (Wildman–Crippen MR) is 55.1 cm³/mol. The number of fused-ring (bicyclic) bond motifs is 1. The fraction of sp³-hybridized carbons (Fsp3) is 0.200. The summed E-state index contributed by atoms with van der Waals surface area (Å²) in [7, 11) is 0. The molecular formula is C10H8ClN3. The number of hydrogen-bond acceptors (Lipinski definition) is 2. The maximum atomic E-state index is 8.96. The van der Waals surface area contributed by atoms with Crippen molar-refractivity contribution in [2.75, 3.05) is 0 Å². The lowest BCUT2D eigenvalue weighted by Gasteiger charge is -1.95. The van der Waals surface area contributed by atoms with Crippen molar-refractivity contribution < 1.29 is 0 Å². The van der Waals surface area contributed by atoms with Crippen molar-refractivity contribution in [1.82, 2.24) is 9.97 Å². The summed E-state index contributed by atoms with van der Waals surface area (Å²) in [6, 6.07) is 5.96. The molecule has 14 heavy (non-hydrogen) atoms. The monoisotopic (exact) mass is 205 g/mol. The molecule has 2 rings (SSSR count). The smallest absolute Gasteiger partial charge is 0.122 e. The molecule has 0 bridgehead atoms. The summed E-state index contributed by atoms with van der Waals surface area (Å²) in [4.78, 5) is 7.31. The predicted octanol–water partition coefficient (Wildman–Crippen LogP) is 2.48. The highest BCUT2D eigenvalue weighted by atomic mass is 35.5. The minimum atomic E-state index is 0.332. The van der Waals surface area contributed by atoms with E-state index in [0.717, 1.165) is 11.1 Å². The lowest BCUT2D eigenvalue weighted by atomic mass is 10.1. The van der Waals surface area contributed by atoms with Crippen molar-refractivity contribution in [2.45, 2.75) is 12.8 Å². The number of imidazole rings is 1. The Kier molecular flexibility index (Phi) is 2.14. The SMILES string of the molecule is Cc1ccc2[nH]c(CCl)nc2c1C#N. The molecule has 2 aromatic rings. The molecule has 0 aliphatic heterocycles. The normalized spacial score (nSPS) is 10.4. The topological polar surface area (TPSA) is 52.5 Å². The van der Waals surface area contributed by atoms with Gasteiger partial charge in [0.1, 0.15) is 17.4 Å². The van der Waals surface area contributed by atoms with Crippen LogP contribution >= 0.6 is 11.6 Å². The van der Waals surface area contributed by atoms with Crippen LogP contribution in [0.15, 0.2) is 12.1 Å². The first-order chi connectivity index (χ1) is 6.76. The maximum absolute atomic E-state index is 8.96. The molecule has 0 unspecified atom stereocenters. The van der Waals surface area contributed by atoms with Crippen LogP contribution in [0.3, 0.4) is 0 Å². The highest BCUT2D eigenvalue weighted by molar-refractivity contribution is 6.16. The third-order valence-corrected chi connectivity index (χ3v) is 2.40. The standard InChI is InChI=1S/C10H8ClN3/c1-6-2-3-8-10(7(6)5-12)14-9(4-11)13-8/h2-3H,4H2,1H3,(H,13,14). The van der Waals surface area contributed by atoms with Gasteiger partial charge in [-0.2, -0.15) is 5.26 Å². The van der Waals surface area contributed by atoms with Gasteiger partial charge in [0.2, 0.25) is 0 Å². The number of aromatic amines is 1. The van der Waals surface area contributed by atoms with Gasteiger partial charge in [-0.25, -0.2) is 4.98 Å². The summed E-state index contributed by atoms with van der Waals surface area (Å²) in [5, 5.41) is 8.96. The maximum Gasteiger partial charge on any atom is 0.122 e. The van der Waals surface area contributed by atoms with Gasteiger partial charge < -0.3 is 4.98 Å². The number of H-pyrrole nitrogens is 1. The van der Waals surface area contributed by atoms with Crippen molar-refractivity contribution in [3.8, 4) is 6.07 Å². The van der Waals surface area contributed by atoms with Crippen molar-refractivity contribution >= 4 is 22.6 Å². The zero-order chi connectivity index (χ0) is 10.1. The first kappa shape index (κ1) is 9.04.